The maximum atomic E-state index is 12.4. The molecule has 1 N–H and O–H groups in total. The van der Waals surface area contributed by atoms with E-state index in [-0.39, 0.29) is 23.3 Å². The minimum atomic E-state index is -0.194. The predicted molar refractivity (Wildman–Crippen MR) is 97.7 cm³/mol. The number of rotatable bonds is 6. The summed E-state index contributed by atoms with van der Waals surface area (Å²) in [6.07, 6.45) is 2.24. The number of amides is 1. The summed E-state index contributed by atoms with van der Waals surface area (Å²) in [4.78, 5) is 28.9. The first kappa shape index (κ1) is 17.3. The van der Waals surface area contributed by atoms with Crippen LogP contribution in [0.4, 0.5) is 0 Å². The standard InChI is InChI=1S/C18H19N3O3S/c1-12(10-13-6-5-9-24-13)19-16(22)11-25-17-18(23)21(2)15-8-4-3-7-14(15)20-17/h3-9,12H,10-11H2,1-2H3,(H,19,22). The molecule has 0 spiro atoms. The Hall–Kier alpha value is -2.54. The minimum absolute atomic E-state index is 0.0494. The van der Waals surface area contributed by atoms with Gasteiger partial charge in [-0.15, -0.1) is 0 Å². The van der Waals surface area contributed by atoms with Crippen molar-refractivity contribution in [1.82, 2.24) is 14.9 Å². The van der Waals surface area contributed by atoms with E-state index in [4.69, 9.17) is 4.42 Å². The van der Waals surface area contributed by atoms with Gasteiger partial charge in [0.1, 0.15) is 5.76 Å². The van der Waals surface area contributed by atoms with E-state index in [1.54, 1.807) is 17.9 Å². The lowest BCUT2D eigenvalue weighted by atomic mass is 10.2. The molecule has 0 fully saturated rings. The average molecular weight is 357 g/mol. The van der Waals surface area contributed by atoms with E-state index in [9.17, 15) is 9.59 Å². The summed E-state index contributed by atoms with van der Waals surface area (Å²) in [6, 6.07) is 11.1. The fraction of sp³-hybridized carbons (Fsp3) is 0.278. The second kappa shape index (κ2) is 7.57. The van der Waals surface area contributed by atoms with Crippen LogP contribution in [0.15, 0.2) is 56.9 Å². The van der Waals surface area contributed by atoms with Gasteiger partial charge in [-0.1, -0.05) is 23.9 Å². The number of carbonyl (C=O) groups is 1. The monoisotopic (exact) mass is 357 g/mol. The van der Waals surface area contributed by atoms with Gasteiger partial charge in [-0.3, -0.25) is 9.59 Å². The highest BCUT2D eigenvalue weighted by Crippen LogP contribution is 2.15. The quantitative estimate of drug-likeness (QED) is 0.685. The first-order chi connectivity index (χ1) is 12.0. The number of fused-ring (bicyclic) bond motifs is 1. The molecule has 6 nitrogen and oxygen atoms in total. The highest BCUT2D eigenvalue weighted by molar-refractivity contribution is 7.99. The molecule has 2 heterocycles. The summed E-state index contributed by atoms with van der Waals surface area (Å²) in [7, 11) is 1.71. The van der Waals surface area contributed by atoms with Crippen LogP contribution in [0.1, 0.15) is 12.7 Å². The summed E-state index contributed by atoms with van der Waals surface area (Å²) < 4.78 is 6.83. The van der Waals surface area contributed by atoms with Crippen molar-refractivity contribution in [2.45, 2.75) is 24.4 Å². The van der Waals surface area contributed by atoms with Crippen molar-refractivity contribution in [1.29, 1.82) is 0 Å². The van der Waals surface area contributed by atoms with E-state index >= 15 is 0 Å². The van der Waals surface area contributed by atoms with Gasteiger partial charge in [-0.25, -0.2) is 4.98 Å². The van der Waals surface area contributed by atoms with Gasteiger partial charge < -0.3 is 14.3 Å². The smallest absolute Gasteiger partial charge is 0.283 e. The Bertz CT molecular complexity index is 934. The Morgan fingerprint density at radius 3 is 2.88 bits per heavy atom. The molecule has 1 atom stereocenters. The minimum Gasteiger partial charge on any atom is -0.469 e. The lowest BCUT2D eigenvalue weighted by Gasteiger charge is -2.12. The van der Waals surface area contributed by atoms with Crippen molar-refractivity contribution in [3.63, 3.8) is 0 Å². The van der Waals surface area contributed by atoms with Gasteiger partial charge in [-0.2, -0.15) is 0 Å². The summed E-state index contributed by atoms with van der Waals surface area (Å²) in [5.41, 5.74) is 1.31. The van der Waals surface area contributed by atoms with Crippen molar-refractivity contribution in [3.8, 4) is 0 Å². The van der Waals surface area contributed by atoms with Gasteiger partial charge in [0.2, 0.25) is 5.91 Å². The fourth-order valence-corrected chi connectivity index (χ4v) is 3.35. The van der Waals surface area contributed by atoms with E-state index in [0.29, 0.717) is 11.4 Å². The molecule has 0 radical (unpaired) electrons. The molecule has 1 amide bonds. The van der Waals surface area contributed by atoms with Crippen LogP contribution in [-0.2, 0) is 18.3 Å². The Morgan fingerprint density at radius 2 is 2.12 bits per heavy atom. The number of nitrogens with zero attached hydrogens (tertiary/aromatic N) is 2. The number of benzene rings is 1. The molecule has 1 aromatic carbocycles. The largest absolute Gasteiger partial charge is 0.469 e. The highest BCUT2D eigenvalue weighted by atomic mass is 32.2. The van der Waals surface area contributed by atoms with Gasteiger partial charge in [-0.05, 0) is 31.2 Å². The fourth-order valence-electron chi connectivity index (χ4n) is 2.58. The third-order valence-electron chi connectivity index (χ3n) is 3.79. The predicted octanol–water partition coefficient (Wildman–Crippen LogP) is 2.37. The Morgan fingerprint density at radius 1 is 1.32 bits per heavy atom. The normalized spacial score (nSPS) is 12.2. The molecule has 0 saturated carbocycles. The van der Waals surface area contributed by atoms with Crippen LogP contribution in [-0.4, -0.2) is 27.3 Å². The molecule has 3 rings (SSSR count). The summed E-state index contributed by atoms with van der Waals surface area (Å²) in [5, 5.41) is 3.23. The maximum absolute atomic E-state index is 12.4. The Kier molecular flexibility index (Phi) is 5.23. The number of thioether (sulfide) groups is 1. The number of hydrogen-bond acceptors (Lipinski definition) is 5. The molecular weight excluding hydrogens is 338 g/mol. The number of furan rings is 1. The lowest BCUT2D eigenvalue weighted by Crippen LogP contribution is -2.35. The molecule has 1 unspecified atom stereocenters. The van der Waals surface area contributed by atoms with E-state index in [1.807, 2.05) is 43.3 Å². The number of hydrogen-bond donors (Lipinski definition) is 1. The number of aromatic nitrogens is 2. The average Bonchev–Trinajstić information content (AvgIpc) is 3.09. The number of aryl methyl sites for hydroxylation is 1. The van der Waals surface area contributed by atoms with Gasteiger partial charge in [0.05, 0.1) is 23.0 Å². The van der Waals surface area contributed by atoms with Gasteiger partial charge >= 0.3 is 0 Å². The van der Waals surface area contributed by atoms with E-state index in [2.05, 4.69) is 10.3 Å². The van der Waals surface area contributed by atoms with Crippen LogP contribution in [0.25, 0.3) is 11.0 Å². The van der Waals surface area contributed by atoms with Crippen LogP contribution in [0.2, 0.25) is 0 Å². The van der Waals surface area contributed by atoms with E-state index in [0.717, 1.165) is 28.6 Å². The van der Waals surface area contributed by atoms with Gasteiger partial charge in [0.25, 0.3) is 5.56 Å². The molecule has 25 heavy (non-hydrogen) atoms. The van der Waals surface area contributed by atoms with Crippen molar-refractivity contribution in [2.75, 3.05) is 5.75 Å². The van der Waals surface area contributed by atoms with Crippen molar-refractivity contribution < 1.29 is 9.21 Å². The molecule has 130 valence electrons. The summed E-state index contributed by atoms with van der Waals surface area (Å²) in [5.74, 6) is 0.829. The highest BCUT2D eigenvalue weighted by Gasteiger charge is 2.13. The SMILES string of the molecule is CC(Cc1ccco1)NC(=O)CSc1nc2ccccc2n(C)c1=O. The third-order valence-corrected chi connectivity index (χ3v) is 4.73. The molecule has 0 aliphatic carbocycles. The molecule has 0 bridgehead atoms. The zero-order valence-corrected chi connectivity index (χ0v) is 14.9. The molecule has 0 aliphatic heterocycles. The number of carbonyl (C=O) groups excluding carboxylic acids is 1. The maximum Gasteiger partial charge on any atom is 0.283 e. The van der Waals surface area contributed by atoms with Crippen LogP contribution in [0.3, 0.4) is 0 Å². The van der Waals surface area contributed by atoms with Gasteiger partial charge in [0, 0.05) is 19.5 Å². The zero-order valence-electron chi connectivity index (χ0n) is 14.1. The molecule has 0 saturated heterocycles. The van der Waals surface area contributed by atoms with Crippen LogP contribution in [0, 0.1) is 0 Å². The third kappa shape index (κ3) is 4.11. The molecule has 7 heteroatoms. The van der Waals surface area contributed by atoms with Crippen LogP contribution < -0.4 is 10.9 Å². The first-order valence-electron chi connectivity index (χ1n) is 7.95. The molecule has 0 aliphatic rings. The summed E-state index contributed by atoms with van der Waals surface area (Å²) >= 11 is 1.15. The van der Waals surface area contributed by atoms with Crippen molar-refractivity contribution in [2.24, 2.45) is 7.05 Å². The van der Waals surface area contributed by atoms with E-state index < -0.39 is 0 Å². The van der Waals surface area contributed by atoms with E-state index in [1.165, 1.54) is 0 Å². The topological polar surface area (TPSA) is 77.1 Å². The lowest BCUT2D eigenvalue weighted by molar-refractivity contribution is -0.119. The van der Waals surface area contributed by atoms with Crippen molar-refractivity contribution in [3.05, 3.63) is 58.8 Å². The van der Waals surface area contributed by atoms with Gasteiger partial charge in [0.15, 0.2) is 5.03 Å². The number of nitrogens with one attached hydrogen (secondary N) is 1. The van der Waals surface area contributed by atoms with Crippen molar-refractivity contribution >= 4 is 28.7 Å². The second-order valence-corrected chi connectivity index (χ2v) is 6.77. The first-order valence-corrected chi connectivity index (χ1v) is 8.93. The molecule has 3 aromatic rings. The van der Waals surface area contributed by atoms with Crippen LogP contribution >= 0.6 is 11.8 Å². The Labute approximate surface area is 149 Å². The second-order valence-electron chi connectivity index (χ2n) is 5.81. The number of para-hydroxylation sites is 2. The Balaban J connectivity index is 1.63. The zero-order chi connectivity index (χ0) is 17.8. The molecular formula is C18H19N3O3S. The summed E-state index contributed by atoms with van der Waals surface area (Å²) in [6.45, 7) is 1.92. The molecule has 2 aromatic heterocycles. The van der Waals surface area contributed by atoms with Crippen LogP contribution in [0.5, 0.6) is 0 Å².